The topological polar surface area (TPSA) is 95.9 Å². The van der Waals surface area contributed by atoms with Crippen molar-refractivity contribution in [1.29, 1.82) is 0 Å². The van der Waals surface area contributed by atoms with Gasteiger partial charge in [-0.15, -0.1) is 0 Å². The first-order chi connectivity index (χ1) is 34.5. The van der Waals surface area contributed by atoms with Crippen molar-refractivity contribution in [3.8, 4) is 0 Å². The van der Waals surface area contributed by atoms with Gasteiger partial charge in [0.2, 0.25) is 5.91 Å². The second kappa shape index (κ2) is 57.7. The zero-order valence-electron chi connectivity index (χ0n) is 46.9. The van der Waals surface area contributed by atoms with E-state index in [1.807, 2.05) is 6.08 Å². The van der Waals surface area contributed by atoms with E-state index in [0.29, 0.717) is 19.3 Å². The molecule has 3 unspecified atom stereocenters. The molecule has 0 spiro atoms. The van der Waals surface area contributed by atoms with Gasteiger partial charge in [-0.1, -0.05) is 307 Å². The van der Waals surface area contributed by atoms with Crippen LogP contribution in [0.25, 0.3) is 0 Å². The normalized spacial score (nSPS) is 13.4. The molecule has 0 radical (unpaired) electrons. The summed E-state index contributed by atoms with van der Waals surface area (Å²) in [5.74, 6) is -0.559. The zero-order valence-corrected chi connectivity index (χ0v) is 46.9. The Bertz CT molecular complexity index is 1190. The number of carbonyl (C=O) groups is 2. The van der Waals surface area contributed by atoms with Crippen LogP contribution < -0.4 is 5.32 Å². The minimum Gasteiger partial charge on any atom is -0.461 e. The highest BCUT2D eigenvalue weighted by atomic mass is 16.5. The fourth-order valence-corrected chi connectivity index (χ4v) is 9.47. The lowest BCUT2D eigenvalue weighted by molar-refractivity contribution is -0.150. The van der Waals surface area contributed by atoms with Crippen LogP contribution in [0.5, 0.6) is 0 Å². The fourth-order valence-electron chi connectivity index (χ4n) is 9.47. The largest absolute Gasteiger partial charge is 0.461 e. The lowest BCUT2D eigenvalue weighted by atomic mass is 10.0. The molecule has 0 heterocycles. The molecule has 0 aliphatic carbocycles. The number of unbranched alkanes of at least 4 members (excludes halogenated alkanes) is 37. The van der Waals surface area contributed by atoms with Crippen LogP contribution in [-0.2, 0) is 14.3 Å². The van der Waals surface area contributed by atoms with Gasteiger partial charge in [-0.2, -0.15) is 0 Å². The maximum atomic E-state index is 13.3. The van der Waals surface area contributed by atoms with Crippen LogP contribution >= 0.6 is 0 Å². The number of rotatable bonds is 56. The summed E-state index contributed by atoms with van der Waals surface area (Å²) in [6.07, 6.45) is 72.0. The van der Waals surface area contributed by atoms with E-state index in [-0.39, 0.29) is 24.9 Å². The van der Waals surface area contributed by atoms with Gasteiger partial charge in [-0.3, -0.25) is 9.59 Å². The van der Waals surface area contributed by atoms with Gasteiger partial charge >= 0.3 is 5.97 Å². The Morgan fingerprint density at radius 3 is 1.14 bits per heavy atom. The van der Waals surface area contributed by atoms with Gasteiger partial charge in [-0.25, -0.2) is 0 Å². The molecule has 70 heavy (non-hydrogen) atoms. The first-order valence-electron chi connectivity index (χ1n) is 30.9. The molecule has 0 aliphatic rings. The van der Waals surface area contributed by atoms with Crippen LogP contribution in [0.2, 0.25) is 0 Å². The van der Waals surface area contributed by atoms with Crippen molar-refractivity contribution < 1.29 is 24.5 Å². The second-order valence-electron chi connectivity index (χ2n) is 21.1. The standard InChI is InChI=1S/C64H119NO5/c1-4-7-10-13-16-19-22-25-28-30-31-33-36-39-42-45-48-51-54-57-64(69)70-60(55-52-49-46-43-40-37-34-27-24-21-18-15-12-9-6-3)58-63(68)65-61(59-66)62(67)56-53-50-47-44-41-38-35-32-29-26-23-20-17-14-11-8-5-2/h18,21,27,34,40,43,49,52,60-62,66-67H,4-17,19-20,22-26,28-33,35-39,41-42,44-48,50-51,53-59H2,1-3H3,(H,65,68)/b21-18-,34-27-,43-40-,52-49-. The average Bonchev–Trinajstić information content (AvgIpc) is 3.35. The second-order valence-corrected chi connectivity index (χ2v) is 21.1. The van der Waals surface area contributed by atoms with Gasteiger partial charge in [0.25, 0.3) is 0 Å². The molecule has 6 nitrogen and oxygen atoms in total. The third-order valence-electron chi connectivity index (χ3n) is 14.2. The Morgan fingerprint density at radius 2 is 0.757 bits per heavy atom. The Hall–Kier alpha value is -2.18. The average molecular weight is 983 g/mol. The van der Waals surface area contributed by atoms with E-state index in [0.717, 1.165) is 57.8 Å². The summed E-state index contributed by atoms with van der Waals surface area (Å²) in [4.78, 5) is 26.3. The minimum atomic E-state index is -0.811. The van der Waals surface area contributed by atoms with E-state index in [4.69, 9.17) is 4.74 Å². The molecule has 0 aromatic rings. The monoisotopic (exact) mass is 982 g/mol. The lowest BCUT2D eigenvalue weighted by Gasteiger charge is -2.24. The predicted octanol–water partition coefficient (Wildman–Crippen LogP) is 19.4. The van der Waals surface area contributed by atoms with Crippen LogP contribution in [-0.4, -0.2) is 46.9 Å². The van der Waals surface area contributed by atoms with Crippen molar-refractivity contribution in [2.45, 2.75) is 341 Å². The van der Waals surface area contributed by atoms with Crippen molar-refractivity contribution in [3.63, 3.8) is 0 Å². The van der Waals surface area contributed by atoms with E-state index in [1.165, 1.54) is 218 Å². The van der Waals surface area contributed by atoms with Gasteiger partial charge in [0, 0.05) is 12.8 Å². The highest BCUT2D eigenvalue weighted by Crippen LogP contribution is 2.18. The Balaban J connectivity index is 4.57. The molecule has 0 aromatic heterocycles. The molecule has 1 amide bonds. The fraction of sp³-hybridized carbons (Fsp3) is 0.844. The van der Waals surface area contributed by atoms with E-state index >= 15 is 0 Å². The number of amides is 1. The Morgan fingerprint density at radius 1 is 0.429 bits per heavy atom. The molecule has 0 aromatic carbocycles. The highest BCUT2D eigenvalue weighted by Gasteiger charge is 2.23. The van der Waals surface area contributed by atoms with Crippen molar-refractivity contribution in [1.82, 2.24) is 5.32 Å². The van der Waals surface area contributed by atoms with Gasteiger partial charge in [0.15, 0.2) is 0 Å². The van der Waals surface area contributed by atoms with Crippen molar-refractivity contribution >= 4 is 11.9 Å². The Kier molecular flexibility index (Phi) is 55.9. The summed E-state index contributed by atoms with van der Waals surface area (Å²) < 4.78 is 5.91. The predicted molar refractivity (Wildman–Crippen MR) is 305 cm³/mol. The molecule has 0 rings (SSSR count). The number of nitrogens with one attached hydrogen (secondary N) is 1. The third-order valence-corrected chi connectivity index (χ3v) is 14.2. The summed E-state index contributed by atoms with van der Waals surface area (Å²) in [5, 5.41) is 23.9. The quantitative estimate of drug-likeness (QED) is 0.0321. The Labute approximate surface area is 436 Å². The lowest BCUT2D eigenvalue weighted by Crippen LogP contribution is -2.46. The van der Waals surface area contributed by atoms with E-state index in [1.54, 1.807) is 0 Å². The summed E-state index contributed by atoms with van der Waals surface area (Å²) in [6.45, 7) is 6.48. The molecular weight excluding hydrogens is 863 g/mol. The van der Waals surface area contributed by atoms with E-state index in [9.17, 15) is 19.8 Å². The number of esters is 1. The zero-order chi connectivity index (χ0) is 50.9. The number of allylic oxidation sites excluding steroid dienone is 7. The number of hydrogen-bond donors (Lipinski definition) is 3. The molecule has 6 heteroatoms. The molecular formula is C64H119NO5. The SMILES string of the molecule is CCCCC/C=C\C/C=C\C/C=C\C/C=C\CC(CC(=O)NC(CO)C(O)CCCCCCCCCCCCCCCCCCC)OC(=O)CCCCCCCCCCCCCCCCCCCCC. The minimum absolute atomic E-state index is 0.00526. The third kappa shape index (κ3) is 52.2. The molecule has 0 aliphatic heterocycles. The molecule has 0 saturated heterocycles. The van der Waals surface area contributed by atoms with Crippen molar-refractivity contribution in [2.24, 2.45) is 0 Å². The van der Waals surface area contributed by atoms with Gasteiger partial charge in [-0.05, 0) is 44.9 Å². The first-order valence-corrected chi connectivity index (χ1v) is 30.9. The number of ether oxygens (including phenoxy) is 1. The van der Waals surface area contributed by atoms with Gasteiger partial charge in [0.1, 0.15) is 6.10 Å². The number of aliphatic hydroxyl groups is 2. The molecule has 3 N–H and O–H groups in total. The maximum Gasteiger partial charge on any atom is 0.306 e. The number of hydrogen-bond acceptors (Lipinski definition) is 5. The van der Waals surface area contributed by atoms with Crippen LogP contribution in [0.15, 0.2) is 48.6 Å². The molecule has 0 fully saturated rings. The first kappa shape index (κ1) is 67.8. The smallest absolute Gasteiger partial charge is 0.306 e. The number of carbonyl (C=O) groups excluding carboxylic acids is 2. The maximum absolute atomic E-state index is 13.3. The van der Waals surface area contributed by atoms with Crippen LogP contribution in [0.1, 0.15) is 323 Å². The molecule has 0 bridgehead atoms. The molecule has 410 valence electrons. The molecule has 0 saturated carbocycles. The van der Waals surface area contributed by atoms with Gasteiger partial charge in [0.05, 0.1) is 25.2 Å². The van der Waals surface area contributed by atoms with Crippen LogP contribution in [0.3, 0.4) is 0 Å². The summed E-state index contributed by atoms with van der Waals surface area (Å²) in [7, 11) is 0. The highest BCUT2D eigenvalue weighted by molar-refractivity contribution is 5.77. The summed E-state index contributed by atoms with van der Waals surface area (Å²) in [6, 6.07) is -0.731. The molecule has 3 atom stereocenters. The summed E-state index contributed by atoms with van der Waals surface area (Å²) >= 11 is 0. The number of aliphatic hydroxyl groups excluding tert-OH is 2. The van der Waals surface area contributed by atoms with Gasteiger partial charge < -0.3 is 20.3 Å². The van der Waals surface area contributed by atoms with Crippen molar-refractivity contribution in [2.75, 3.05) is 6.61 Å². The van der Waals surface area contributed by atoms with E-state index in [2.05, 4.69) is 68.6 Å². The van der Waals surface area contributed by atoms with Crippen LogP contribution in [0.4, 0.5) is 0 Å². The van der Waals surface area contributed by atoms with Crippen LogP contribution in [0, 0.1) is 0 Å². The summed E-state index contributed by atoms with van der Waals surface area (Å²) in [5.41, 5.74) is 0. The van der Waals surface area contributed by atoms with E-state index < -0.39 is 18.2 Å². The van der Waals surface area contributed by atoms with Crippen molar-refractivity contribution in [3.05, 3.63) is 48.6 Å².